The predicted octanol–water partition coefficient (Wildman–Crippen LogP) is 4.48. The number of hydrogen-bond donors (Lipinski definition) is 1. The Balaban J connectivity index is 2.28. The van der Waals surface area contributed by atoms with Gasteiger partial charge in [0.1, 0.15) is 6.54 Å². The highest BCUT2D eigenvalue weighted by Crippen LogP contribution is 2.41. The molecule has 1 heterocycles. The number of nitrogens with zero attached hydrogens (tertiary/aromatic N) is 3. The molecule has 0 aromatic heterocycles. The number of carbonyl (C=O) groups is 3. The van der Waals surface area contributed by atoms with E-state index in [1.165, 1.54) is 37.3 Å². The third kappa shape index (κ3) is 5.11. The van der Waals surface area contributed by atoms with Crippen molar-refractivity contribution in [2.45, 2.75) is 26.1 Å². The predicted molar refractivity (Wildman–Crippen MR) is 117 cm³/mol. The van der Waals surface area contributed by atoms with Crippen LogP contribution in [-0.4, -0.2) is 41.1 Å². The molecule has 0 saturated heterocycles. The van der Waals surface area contributed by atoms with Gasteiger partial charge in [-0.1, -0.05) is 18.2 Å². The van der Waals surface area contributed by atoms with Crippen LogP contribution >= 0.6 is 0 Å². The lowest BCUT2D eigenvalue weighted by Crippen LogP contribution is -2.52. The highest BCUT2D eigenvalue weighted by Gasteiger charge is 2.44. The van der Waals surface area contributed by atoms with Crippen molar-refractivity contribution in [3.8, 4) is 6.07 Å². The Morgan fingerprint density at radius 3 is 2.37 bits per heavy atom. The lowest BCUT2D eigenvalue weighted by atomic mass is 9.92. The first kappa shape index (κ1) is 25.3. The number of nitriles is 1. The molecule has 0 spiro atoms. The van der Waals surface area contributed by atoms with Crippen LogP contribution in [0.2, 0.25) is 0 Å². The molecule has 0 aliphatic carbocycles. The number of carbonyl (C=O) groups excluding carboxylic acids is 2. The minimum atomic E-state index is -4.69. The summed E-state index contributed by atoms with van der Waals surface area (Å²) in [5.74, 6) is -2.26. The number of amides is 2. The summed E-state index contributed by atoms with van der Waals surface area (Å²) in [6.07, 6.45) is -4.69. The van der Waals surface area contributed by atoms with Crippen molar-refractivity contribution in [1.82, 2.24) is 4.90 Å². The van der Waals surface area contributed by atoms with E-state index in [2.05, 4.69) is 0 Å². The zero-order valence-electron chi connectivity index (χ0n) is 18.7. The van der Waals surface area contributed by atoms with Gasteiger partial charge in [-0.05, 0) is 49.7 Å². The molecule has 8 nitrogen and oxygen atoms in total. The van der Waals surface area contributed by atoms with E-state index >= 15 is 0 Å². The number of rotatable bonds is 6. The van der Waals surface area contributed by atoms with Crippen molar-refractivity contribution in [2.75, 3.05) is 18.1 Å². The molecule has 182 valence electrons. The molecule has 3 rings (SSSR count). The van der Waals surface area contributed by atoms with Crippen LogP contribution in [0.4, 0.5) is 23.7 Å². The monoisotopic (exact) mass is 487 g/mol. The summed E-state index contributed by atoms with van der Waals surface area (Å²) in [4.78, 5) is 40.0. The number of halogens is 3. The number of hydrogen-bond acceptors (Lipinski definition) is 5. The average molecular weight is 487 g/mol. The third-order valence-corrected chi connectivity index (χ3v) is 5.34. The lowest BCUT2D eigenvalue weighted by molar-refractivity contribution is -0.141. The van der Waals surface area contributed by atoms with Gasteiger partial charge in [0.05, 0.1) is 41.1 Å². The van der Waals surface area contributed by atoms with E-state index in [4.69, 9.17) is 10.00 Å². The van der Waals surface area contributed by atoms with Crippen LogP contribution in [0, 0.1) is 11.3 Å². The zero-order valence-corrected chi connectivity index (χ0v) is 18.7. The number of esters is 1. The average Bonchev–Trinajstić information content (AvgIpc) is 2.80. The maximum absolute atomic E-state index is 13.5. The highest BCUT2D eigenvalue weighted by molar-refractivity contribution is 6.04. The summed E-state index contributed by atoms with van der Waals surface area (Å²) in [6.45, 7) is 2.04. The molecule has 35 heavy (non-hydrogen) atoms. The molecule has 1 aliphatic rings. The van der Waals surface area contributed by atoms with Crippen molar-refractivity contribution >= 4 is 23.7 Å². The maximum Gasteiger partial charge on any atom is 0.416 e. The number of urea groups is 1. The van der Waals surface area contributed by atoms with Gasteiger partial charge in [-0.3, -0.25) is 9.69 Å². The summed E-state index contributed by atoms with van der Waals surface area (Å²) in [5, 5.41) is 18.6. The van der Waals surface area contributed by atoms with Crippen LogP contribution in [0.1, 0.15) is 36.6 Å². The van der Waals surface area contributed by atoms with Crippen LogP contribution in [0.3, 0.4) is 0 Å². The molecule has 1 aliphatic heterocycles. The van der Waals surface area contributed by atoms with Gasteiger partial charge in [0.25, 0.3) is 0 Å². The normalized spacial score (nSPS) is 16.2. The Morgan fingerprint density at radius 1 is 1.17 bits per heavy atom. The molecule has 2 amide bonds. The first-order valence-electron chi connectivity index (χ1n) is 10.4. The van der Waals surface area contributed by atoms with Crippen molar-refractivity contribution in [2.24, 2.45) is 0 Å². The van der Waals surface area contributed by atoms with E-state index in [1.54, 1.807) is 6.92 Å². The molecular weight excluding hydrogens is 467 g/mol. The van der Waals surface area contributed by atoms with Gasteiger partial charge in [0.15, 0.2) is 0 Å². The number of anilines is 1. The SMILES string of the molecule is CCOC(=O)C1=C(C)N(c2cccc(C(F)(F)F)c2)C(=O)N(CC(=O)O)[C@@H]1c1ccc(C#N)cc1. The second kappa shape index (κ2) is 9.89. The van der Waals surface area contributed by atoms with E-state index in [1.807, 2.05) is 6.07 Å². The minimum absolute atomic E-state index is 0.0104. The quantitative estimate of drug-likeness (QED) is 0.602. The summed E-state index contributed by atoms with van der Waals surface area (Å²) in [7, 11) is 0. The van der Waals surface area contributed by atoms with Gasteiger partial charge in [0.2, 0.25) is 0 Å². The second-order valence-corrected chi connectivity index (χ2v) is 7.54. The molecule has 1 atom stereocenters. The first-order valence-corrected chi connectivity index (χ1v) is 10.4. The number of aliphatic carboxylic acids is 1. The molecule has 2 aromatic carbocycles. The van der Waals surface area contributed by atoms with Gasteiger partial charge in [-0.2, -0.15) is 18.4 Å². The maximum atomic E-state index is 13.5. The molecule has 1 N–H and O–H groups in total. The molecule has 0 unspecified atom stereocenters. The molecular formula is C24H20F3N3O5. The smallest absolute Gasteiger partial charge is 0.416 e. The van der Waals surface area contributed by atoms with Gasteiger partial charge in [-0.15, -0.1) is 0 Å². The van der Waals surface area contributed by atoms with E-state index in [-0.39, 0.29) is 23.6 Å². The number of ether oxygens (including phenoxy) is 1. The van der Waals surface area contributed by atoms with Crippen LogP contribution in [-0.2, 0) is 20.5 Å². The number of benzene rings is 2. The number of alkyl halides is 3. The largest absolute Gasteiger partial charge is 0.480 e. The Bertz CT molecular complexity index is 1230. The fourth-order valence-corrected chi connectivity index (χ4v) is 3.84. The second-order valence-electron chi connectivity index (χ2n) is 7.54. The van der Waals surface area contributed by atoms with Gasteiger partial charge < -0.3 is 14.7 Å². The van der Waals surface area contributed by atoms with E-state index in [9.17, 15) is 32.7 Å². The summed E-state index contributed by atoms with van der Waals surface area (Å²) in [6, 6.07) is 9.54. The van der Waals surface area contributed by atoms with Crippen LogP contribution in [0.15, 0.2) is 59.8 Å². The molecule has 0 radical (unpaired) electrons. The lowest BCUT2D eigenvalue weighted by Gasteiger charge is -2.42. The van der Waals surface area contributed by atoms with E-state index in [0.717, 1.165) is 28.0 Å². The molecule has 0 saturated carbocycles. The summed E-state index contributed by atoms with van der Waals surface area (Å²) in [5.41, 5.74) is -0.724. The van der Waals surface area contributed by atoms with Gasteiger partial charge >= 0.3 is 24.1 Å². The van der Waals surface area contributed by atoms with Crippen molar-refractivity contribution in [3.05, 3.63) is 76.5 Å². The molecule has 0 fully saturated rings. The molecule has 11 heteroatoms. The zero-order chi connectivity index (χ0) is 25.9. The van der Waals surface area contributed by atoms with Crippen molar-refractivity contribution in [1.29, 1.82) is 5.26 Å². The Kier molecular flexibility index (Phi) is 7.14. The summed E-state index contributed by atoms with van der Waals surface area (Å²) < 4.78 is 45.1. The van der Waals surface area contributed by atoms with Gasteiger partial charge in [0, 0.05) is 5.70 Å². The van der Waals surface area contributed by atoms with E-state index < -0.39 is 42.3 Å². The molecule has 2 aromatic rings. The Hall–Kier alpha value is -4.33. The van der Waals surface area contributed by atoms with Crippen LogP contribution < -0.4 is 4.90 Å². The molecule has 0 bridgehead atoms. The summed E-state index contributed by atoms with van der Waals surface area (Å²) >= 11 is 0. The number of allylic oxidation sites excluding steroid dienone is 1. The number of carboxylic acids is 1. The standard InChI is InChI=1S/C24H20F3N3O5/c1-3-35-22(33)20-14(2)30(18-6-4-5-17(11-18)24(25,26)27)23(34)29(13-19(31)32)21(20)16-9-7-15(12-28)8-10-16/h4-11,21H,3,13H2,1-2H3,(H,31,32)/t21-/m1/s1. The fourth-order valence-electron chi connectivity index (χ4n) is 3.84. The van der Waals surface area contributed by atoms with Gasteiger partial charge in [-0.25, -0.2) is 9.59 Å². The fraction of sp³-hybridized carbons (Fsp3) is 0.250. The topological polar surface area (TPSA) is 111 Å². The first-order chi connectivity index (χ1) is 16.5. The van der Waals surface area contributed by atoms with Crippen molar-refractivity contribution in [3.63, 3.8) is 0 Å². The Morgan fingerprint density at radius 2 is 1.83 bits per heavy atom. The van der Waals surface area contributed by atoms with Crippen LogP contribution in [0.5, 0.6) is 0 Å². The van der Waals surface area contributed by atoms with E-state index in [0.29, 0.717) is 11.1 Å². The van der Waals surface area contributed by atoms with Crippen LogP contribution in [0.25, 0.3) is 0 Å². The Labute approximate surface area is 198 Å². The number of carboxylic acid groups (broad SMARTS) is 1. The van der Waals surface area contributed by atoms with Crippen molar-refractivity contribution < 1.29 is 37.4 Å². The highest BCUT2D eigenvalue weighted by atomic mass is 19.4. The third-order valence-electron chi connectivity index (χ3n) is 5.34. The minimum Gasteiger partial charge on any atom is -0.480 e.